The van der Waals surface area contributed by atoms with Crippen LogP contribution in [0.5, 0.6) is 0 Å². The maximum Gasteiger partial charge on any atom is 0.416 e. The number of rotatable bonds is 3. The van der Waals surface area contributed by atoms with Gasteiger partial charge in [-0.15, -0.1) is 0 Å². The quantitative estimate of drug-likeness (QED) is 0.898. The van der Waals surface area contributed by atoms with Crippen molar-refractivity contribution in [1.29, 1.82) is 0 Å². The third kappa shape index (κ3) is 4.20. The van der Waals surface area contributed by atoms with Crippen LogP contribution < -0.4 is 10.6 Å². The molecule has 0 aromatic heterocycles. The molecule has 116 valence electrons. The fourth-order valence-electron chi connectivity index (χ4n) is 2.54. The second-order valence-corrected chi connectivity index (χ2v) is 5.37. The molecule has 0 bridgehead atoms. The van der Waals surface area contributed by atoms with Crippen LogP contribution in [0.25, 0.3) is 0 Å². The standard InChI is InChI=1S/C15H19F3N2O/c1-2-10-7-8-19-13(9-10)14(21)20-12-5-3-11(4-6-12)15(16,17)18/h3-6,10,13,19H,2,7-9H2,1H3,(H,20,21). The smallest absolute Gasteiger partial charge is 0.325 e. The Morgan fingerprint density at radius 3 is 2.57 bits per heavy atom. The first-order chi connectivity index (χ1) is 9.90. The largest absolute Gasteiger partial charge is 0.416 e. The second-order valence-electron chi connectivity index (χ2n) is 5.37. The summed E-state index contributed by atoms with van der Waals surface area (Å²) in [4.78, 5) is 12.1. The van der Waals surface area contributed by atoms with Gasteiger partial charge in [-0.1, -0.05) is 13.3 Å². The Bertz CT molecular complexity index is 485. The third-order valence-corrected chi connectivity index (χ3v) is 3.89. The fourth-order valence-corrected chi connectivity index (χ4v) is 2.54. The Morgan fingerprint density at radius 1 is 1.33 bits per heavy atom. The number of benzene rings is 1. The molecule has 1 amide bonds. The number of nitrogens with one attached hydrogen (secondary N) is 2. The Labute approximate surface area is 121 Å². The molecule has 2 N–H and O–H groups in total. The number of anilines is 1. The predicted octanol–water partition coefficient (Wildman–Crippen LogP) is 3.42. The number of piperidine rings is 1. The van der Waals surface area contributed by atoms with Crippen molar-refractivity contribution in [3.8, 4) is 0 Å². The minimum absolute atomic E-state index is 0.187. The summed E-state index contributed by atoms with van der Waals surface area (Å²) in [7, 11) is 0. The molecule has 6 heteroatoms. The van der Waals surface area contributed by atoms with Gasteiger partial charge in [0.25, 0.3) is 0 Å². The highest BCUT2D eigenvalue weighted by atomic mass is 19.4. The molecule has 2 rings (SSSR count). The number of carbonyl (C=O) groups excluding carboxylic acids is 1. The van der Waals surface area contributed by atoms with Gasteiger partial charge in [-0.2, -0.15) is 13.2 Å². The van der Waals surface area contributed by atoms with Crippen molar-refractivity contribution >= 4 is 11.6 Å². The van der Waals surface area contributed by atoms with E-state index in [0.29, 0.717) is 11.6 Å². The Balaban J connectivity index is 1.96. The SMILES string of the molecule is CCC1CCNC(C(=O)Nc2ccc(C(F)(F)F)cc2)C1. The van der Waals surface area contributed by atoms with Crippen molar-refractivity contribution in [2.24, 2.45) is 5.92 Å². The first kappa shape index (κ1) is 15.8. The predicted molar refractivity (Wildman–Crippen MR) is 74.9 cm³/mol. The molecule has 0 saturated carbocycles. The summed E-state index contributed by atoms with van der Waals surface area (Å²) in [6, 6.07) is 4.23. The highest BCUT2D eigenvalue weighted by molar-refractivity contribution is 5.94. The van der Waals surface area contributed by atoms with Crippen LogP contribution in [0.4, 0.5) is 18.9 Å². The molecule has 1 aliphatic rings. The minimum Gasteiger partial charge on any atom is -0.325 e. The molecular weight excluding hydrogens is 281 g/mol. The number of alkyl halides is 3. The van der Waals surface area contributed by atoms with Gasteiger partial charge >= 0.3 is 6.18 Å². The maximum absolute atomic E-state index is 12.5. The van der Waals surface area contributed by atoms with Crippen molar-refractivity contribution in [2.45, 2.75) is 38.4 Å². The molecule has 1 fully saturated rings. The lowest BCUT2D eigenvalue weighted by atomic mass is 9.90. The van der Waals surface area contributed by atoms with E-state index in [4.69, 9.17) is 0 Å². The van der Waals surface area contributed by atoms with Crippen molar-refractivity contribution in [3.63, 3.8) is 0 Å². The summed E-state index contributed by atoms with van der Waals surface area (Å²) in [6.45, 7) is 2.89. The van der Waals surface area contributed by atoms with E-state index in [1.165, 1.54) is 12.1 Å². The highest BCUT2D eigenvalue weighted by Crippen LogP contribution is 2.30. The number of carbonyl (C=O) groups is 1. The summed E-state index contributed by atoms with van der Waals surface area (Å²) in [5, 5.41) is 5.81. The van der Waals surface area contributed by atoms with Crippen LogP contribution in [0.15, 0.2) is 24.3 Å². The zero-order valence-electron chi connectivity index (χ0n) is 11.8. The van der Waals surface area contributed by atoms with Gasteiger partial charge in [0.05, 0.1) is 11.6 Å². The fraction of sp³-hybridized carbons (Fsp3) is 0.533. The molecule has 0 radical (unpaired) electrons. The molecule has 21 heavy (non-hydrogen) atoms. The molecule has 1 saturated heterocycles. The normalized spacial score (nSPS) is 22.9. The first-order valence-corrected chi connectivity index (χ1v) is 7.11. The summed E-state index contributed by atoms with van der Waals surface area (Å²) in [5.41, 5.74) is -0.337. The molecule has 1 aromatic carbocycles. The van der Waals surface area contributed by atoms with Crippen LogP contribution >= 0.6 is 0 Å². The molecule has 2 atom stereocenters. The van der Waals surface area contributed by atoms with E-state index in [-0.39, 0.29) is 11.9 Å². The van der Waals surface area contributed by atoms with E-state index in [0.717, 1.165) is 37.9 Å². The van der Waals surface area contributed by atoms with Crippen LogP contribution in [0.1, 0.15) is 31.7 Å². The lowest BCUT2D eigenvalue weighted by Crippen LogP contribution is -2.46. The maximum atomic E-state index is 12.5. The van der Waals surface area contributed by atoms with E-state index < -0.39 is 11.7 Å². The van der Waals surface area contributed by atoms with Crippen molar-refractivity contribution in [1.82, 2.24) is 5.32 Å². The van der Waals surface area contributed by atoms with Gasteiger partial charge < -0.3 is 10.6 Å². The van der Waals surface area contributed by atoms with Gasteiger partial charge in [0.15, 0.2) is 0 Å². The number of hydrogen-bond acceptors (Lipinski definition) is 2. The second kappa shape index (κ2) is 6.47. The van der Waals surface area contributed by atoms with Crippen molar-refractivity contribution in [2.75, 3.05) is 11.9 Å². The first-order valence-electron chi connectivity index (χ1n) is 7.11. The van der Waals surface area contributed by atoms with Crippen LogP contribution in [0.2, 0.25) is 0 Å². The van der Waals surface area contributed by atoms with Crippen LogP contribution in [-0.4, -0.2) is 18.5 Å². The number of hydrogen-bond donors (Lipinski definition) is 2. The molecule has 1 aromatic rings. The van der Waals surface area contributed by atoms with Gasteiger partial charge in [-0.3, -0.25) is 4.79 Å². The van der Waals surface area contributed by atoms with Gasteiger partial charge in [0.2, 0.25) is 5.91 Å². The Kier molecular flexibility index (Phi) is 4.88. The monoisotopic (exact) mass is 300 g/mol. The number of halogens is 3. The van der Waals surface area contributed by atoms with Crippen LogP contribution in [0.3, 0.4) is 0 Å². The van der Waals surface area contributed by atoms with E-state index in [2.05, 4.69) is 17.6 Å². The Hall–Kier alpha value is -1.56. The number of amides is 1. The summed E-state index contributed by atoms with van der Waals surface area (Å²) < 4.78 is 37.4. The van der Waals surface area contributed by atoms with E-state index >= 15 is 0 Å². The summed E-state index contributed by atoms with van der Waals surface area (Å²) in [6.07, 6.45) is -1.50. The van der Waals surface area contributed by atoms with Crippen molar-refractivity contribution < 1.29 is 18.0 Å². The average Bonchev–Trinajstić information content (AvgIpc) is 2.47. The molecule has 1 heterocycles. The highest BCUT2D eigenvalue weighted by Gasteiger charge is 2.30. The van der Waals surface area contributed by atoms with Gasteiger partial charge in [-0.25, -0.2) is 0 Å². The molecule has 2 unspecified atom stereocenters. The van der Waals surface area contributed by atoms with E-state index in [1.54, 1.807) is 0 Å². The van der Waals surface area contributed by atoms with Gasteiger partial charge in [0, 0.05) is 5.69 Å². The van der Waals surface area contributed by atoms with Crippen LogP contribution in [0, 0.1) is 5.92 Å². The summed E-state index contributed by atoms with van der Waals surface area (Å²) >= 11 is 0. The van der Waals surface area contributed by atoms with E-state index in [9.17, 15) is 18.0 Å². The van der Waals surface area contributed by atoms with E-state index in [1.807, 2.05) is 0 Å². The minimum atomic E-state index is -4.36. The van der Waals surface area contributed by atoms with Crippen LogP contribution in [-0.2, 0) is 11.0 Å². The lowest BCUT2D eigenvalue weighted by Gasteiger charge is -2.28. The molecule has 3 nitrogen and oxygen atoms in total. The lowest BCUT2D eigenvalue weighted by molar-refractivity contribution is -0.137. The third-order valence-electron chi connectivity index (χ3n) is 3.89. The molecular formula is C15H19F3N2O. The molecule has 0 spiro atoms. The average molecular weight is 300 g/mol. The molecule has 1 aliphatic heterocycles. The zero-order valence-corrected chi connectivity index (χ0v) is 11.8. The zero-order chi connectivity index (χ0) is 15.5. The Morgan fingerprint density at radius 2 is 2.00 bits per heavy atom. The summed E-state index contributed by atoms with van der Waals surface area (Å²) in [5.74, 6) is 0.336. The molecule has 0 aliphatic carbocycles. The van der Waals surface area contributed by atoms with Gasteiger partial charge in [-0.05, 0) is 49.6 Å². The van der Waals surface area contributed by atoms with Gasteiger partial charge in [0.1, 0.15) is 0 Å². The topological polar surface area (TPSA) is 41.1 Å². The van der Waals surface area contributed by atoms with Crippen molar-refractivity contribution in [3.05, 3.63) is 29.8 Å².